The van der Waals surface area contributed by atoms with Gasteiger partial charge in [0.15, 0.2) is 0 Å². The Hall–Kier alpha value is -2.84. The van der Waals surface area contributed by atoms with Crippen molar-refractivity contribution >= 4 is 28.8 Å². The third-order valence-electron chi connectivity index (χ3n) is 3.91. The van der Waals surface area contributed by atoms with E-state index >= 15 is 0 Å². The minimum atomic E-state index is -0.987. The SMILES string of the molecule is CN(C)c1nc2cc([N+](=O)[O-])ccc2n1CCN(C(=O)O)C(C)(C)C. The van der Waals surface area contributed by atoms with Crippen LogP contribution < -0.4 is 4.90 Å². The molecule has 0 bridgehead atoms. The Kier molecular flexibility index (Phi) is 4.87. The molecule has 0 atom stereocenters. The van der Waals surface area contributed by atoms with Crippen LogP contribution >= 0.6 is 0 Å². The van der Waals surface area contributed by atoms with Crippen molar-refractivity contribution in [2.45, 2.75) is 32.9 Å². The molecule has 0 radical (unpaired) electrons. The first-order valence-corrected chi connectivity index (χ1v) is 7.85. The highest BCUT2D eigenvalue weighted by Crippen LogP contribution is 2.26. The quantitative estimate of drug-likeness (QED) is 0.657. The normalized spacial score (nSPS) is 11.6. The maximum Gasteiger partial charge on any atom is 0.407 e. The lowest BCUT2D eigenvalue weighted by Crippen LogP contribution is -2.46. The summed E-state index contributed by atoms with van der Waals surface area (Å²) in [5.41, 5.74) is 0.688. The van der Waals surface area contributed by atoms with Crippen molar-refractivity contribution in [3.05, 3.63) is 28.3 Å². The monoisotopic (exact) mass is 349 g/mol. The molecule has 2 aromatic rings. The van der Waals surface area contributed by atoms with E-state index in [-0.39, 0.29) is 12.2 Å². The van der Waals surface area contributed by atoms with Gasteiger partial charge in [-0.25, -0.2) is 9.78 Å². The Morgan fingerprint density at radius 1 is 1.36 bits per heavy atom. The summed E-state index contributed by atoms with van der Waals surface area (Å²) in [6.45, 7) is 6.18. The maximum atomic E-state index is 11.5. The van der Waals surface area contributed by atoms with E-state index < -0.39 is 16.6 Å². The molecule has 0 saturated heterocycles. The number of nitro benzene ring substituents is 1. The first-order valence-electron chi connectivity index (χ1n) is 7.85. The Morgan fingerprint density at radius 2 is 2.00 bits per heavy atom. The number of hydrogen-bond donors (Lipinski definition) is 1. The number of nitrogens with zero attached hydrogens (tertiary/aromatic N) is 5. The van der Waals surface area contributed by atoms with Gasteiger partial charge in [-0.05, 0) is 26.8 Å². The first kappa shape index (κ1) is 18.5. The first-order chi connectivity index (χ1) is 11.5. The topological polar surface area (TPSA) is 105 Å². The Labute approximate surface area is 145 Å². The van der Waals surface area contributed by atoms with Gasteiger partial charge >= 0.3 is 6.09 Å². The number of amides is 1. The zero-order chi connectivity index (χ0) is 18.9. The number of carbonyl (C=O) groups is 1. The number of imidazole rings is 1. The minimum Gasteiger partial charge on any atom is -0.465 e. The van der Waals surface area contributed by atoms with Gasteiger partial charge in [0, 0.05) is 44.9 Å². The van der Waals surface area contributed by atoms with Crippen molar-refractivity contribution in [3.63, 3.8) is 0 Å². The second-order valence-electron chi connectivity index (χ2n) is 6.99. The lowest BCUT2D eigenvalue weighted by atomic mass is 10.1. The van der Waals surface area contributed by atoms with E-state index in [1.807, 2.05) is 39.4 Å². The summed E-state index contributed by atoms with van der Waals surface area (Å²) in [5.74, 6) is 0.620. The van der Waals surface area contributed by atoms with E-state index in [0.29, 0.717) is 18.0 Å². The molecule has 1 aromatic carbocycles. The van der Waals surface area contributed by atoms with Crippen molar-refractivity contribution in [1.29, 1.82) is 0 Å². The summed E-state index contributed by atoms with van der Waals surface area (Å²) in [7, 11) is 3.65. The zero-order valence-electron chi connectivity index (χ0n) is 15.1. The minimum absolute atomic E-state index is 0.0238. The summed E-state index contributed by atoms with van der Waals surface area (Å²) < 4.78 is 1.88. The van der Waals surface area contributed by atoms with Crippen molar-refractivity contribution in [1.82, 2.24) is 14.5 Å². The fourth-order valence-electron chi connectivity index (χ4n) is 2.70. The van der Waals surface area contributed by atoms with Gasteiger partial charge in [0.2, 0.25) is 5.95 Å². The molecule has 0 spiro atoms. The smallest absolute Gasteiger partial charge is 0.407 e. The van der Waals surface area contributed by atoms with Gasteiger partial charge < -0.3 is 19.5 Å². The van der Waals surface area contributed by atoms with Crippen LogP contribution in [-0.2, 0) is 6.54 Å². The summed E-state index contributed by atoms with van der Waals surface area (Å²) in [6.07, 6.45) is -0.987. The highest BCUT2D eigenvalue weighted by Gasteiger charge is 2.26. The van der Waals surface area contributed by atoms with Crippen LogP contribution in [0.3, 0.4) is 0 Å². The van der Waals surface area contributed by atoms with Crippen LogP contribution in [-0.4, -0.2) is 56.8 Å². The van der Waals surface area contributed by atoms with Gasteiger partial charge in [0.05, 0.1) is 16.0 Å². The fourth-order valence-corrected chi connectivity index (χ4v) is 2.70. The van der Waals surface area contributed by atoms with Crippen LogP contribution in [0.4, 0.5) is 16.4 Å². The second kappa shape index (κ2) is 6.58. The molecule has 0 unspecified atom stereocenters. The van der Waals surface area contributed by atoms with Crippen molar-refractivity contribution in [2.75, 3.05) is 25.5 Å². The third-order valence-corrected chi connectivity index (χ3v) is 3.91. The van der Waals surface area contributed by atoms with Gasteiger partial charge in [-0.3, -0.25) is 10.1 Å². The zero-order valence-corrected chi connectivity index (χ0v) is 15.1. The van der Waals surface area contributed by atoms with E-state index in [1.54, 1.807) is 11.0 Å². The molecule has 9 heteroatoms. The molecular formula is C16H23N5O4. The summed E-state index contributed by atoms with van der Waals surface area (Å²) in [6, 6.07) is 4.51. The van der Waals surface area contributed by atoms with Crippen LogP contribution in [0.5, 0.6) is 0 Å². The van der Waals surface area contributed by atoms with Crippen LogP contribution in [0.25, 0.3) is 11.0 Å². The Balaban J connectivity index is 2.43. The molecule has 25 heavy (non-hydrogen) atoms. The molecule has 9 nitrogen and oxygen atoms in total. The molecule has 1 aromatic heterocycles. The number of non-ortho nitro benzene ring substituents is 1. The van der Waals surface area contributed by atoms with E-state index in [9.17, 15) is 20.0 Å². The van der Waals surface area contributed by atoms with Gasteiger partial charge in [0.1, 0.15) is 0 Å². The summed E-state index contributed by atoms with van der Waals surface area (Å²) in [4.78, 5) is 29.6. The lowest BCUT2D eigenvalue weighted by molar-refractivity contribution is -0.384. The van der Waals surface area contributed by atoms with Gasteiger partial charge in [0.25, 0.3) is 5.69 Å². The van der Waals surface area contributed by atoms with Crippen LogP contribution in [0.2, 0.25) is 0 Å². The number of benzene rings is 1. The van der Waals surface area contributed by atoms with Crippen LogP contribution in [0.15, 0.2) is 18.2 Å². The molecule has 1 N–H and O–H groups in total. The highest BCUT2D eigenvalue weighted by molar-refractivity contribution is 5.81. The largest absolute Gasteiger partial charge is 0.465 e. The van der Waals surface area contributed by atoms with Crippen LogP contribution in [0.1, 0.15) is 20.8 Å². The summed E-state index contributed by atoms with van der Waals surface area (Å²) in [5, 5.41) is 20.4. The molecular weight excluding hydrogens is 326 g/mol. The fraction of sp³-hybridized carbons (Fsp3) is 0.500. The van der Waals surface area contributed by atoms with Gasteiger partial charge in [-0.1, -0.05) is 0 Å². The predicted octanol–water partition coefficient (Wildman–Crippen LogP) is 2.79. The van der Waals surface area contributed by atoms with Crippen molar-refractivity contribution in [3.8, 4) is 0 Å². The molecule has 136 valence electrons. The van der Waals surface area contributed by atoms with E-state index in [0.717, 1.165) is 5.52 Å². The van der Waals surface area contributed by atoms with E-state index in [4.69, 9.17) is 0 Å². The number of rotatable bonds is 5. The van der Waals surface area contributed by atoms with E-state index in [2.05, 4.69) is 4.98 Å². The Morgan fingerprint density at radius 3 is 2.48 bits per heavy atom. The molecule has 0 saturated carbocycles. The molecule has 0 aliphatic carbocycles. The maximum absolute atomic E-state index is 11.5. The number of aromatic nitrogens is 2. The van der Waals surface area contributed by atoms with Gasteiger partial charge in [-0.2, -0.15) is 0 Å². The van der Waals surface area contributed by atoms with Crippen molar-refractivity contribution < 1.29 is 14.8 Å². The van der Waals surface area contributed by atoms with Crippen LogP contribution in [0, 0.1) is 10.1 Å². The molecule has 1 heterocycles. The Bertz CT molecular complexity index is 807. The van der Waals surface area contributed by atoms with E-state index in [1.165, 1.54) is 17.0 Å². The standard InChI is InChI=1S/C16H23N5O4/c1-16(2,3)20(15(22)23)9-8-19-13-7-6-11(21(24)25)10-12(13)17-14(19)18(4)5/h6-7,10H,8-9H2,1-5H3,(H,22,23). The average Bonchev–Trinajstić information content (AvgIpc) is 2.83. The van der Waals surface area contributed by atoms with Gasteiger partial charge in [-0.15, -0.1) is 0 Å². The highest BCUT2D eigenvalue weighted by atomic mass is 16.6. The number of fused-ring (bicyclic) bond motifs is 1. The lowest BCUT2D eigenvalue weighted by Gasteiger charge is -2.33. The average molecular weight is 349 g/mol. The second-order valence-corrected chi connectivity index (χ2v) is 6.99. The molecule has 0 aliphatic heterocycles. The number of anilines is 1. The third kappa shape index (κ3) is 3.81. The molecule has 2 rings (SSSR count). The number of nitro groups is 1. The molecule has 0 aliphatic rings. The molecule has 1 amide bonds. The summed E-state index contributed by atoms with van der Waals surface area (Å²) >= 11 is 0. The van der Waals surface area contributed by atoms with Crippen molar-refractivity contribution in [2.24, 2.45) is 0 Å². The number of carboxylic acid groups (broad SMARTS) is 1. The number of hydrogen-bond acceptors (Lipinski definition) is 5. The molecule has 0 fully saturated rings. The predicted molar refractivity (Wildman–Crippen MR) is 95.2 cm³/mol.